The van der Waals surface area contributed by atoms with Crippen LogP contribution in [0.1, 0.15) is 46.2 Å². The van der Waals surface area contributed by atoms with Crippen molar-refractivity contribution in [3.8, 4) is 0 Å². The molecule has 2 aliphatic rings. The lowest BCUT2D eigenvalue weighted by atomic mass is 9.86. The number of likely N-dealkylation sites (N-methyl/N-ethyl adjacent to an activating group) is 1. The number of fused-ring (bicyclic) bond motifs is 2. The monoisotopic (exact) mass is 447 g/mol. The Labute approximate surface area is 206 Å². The van der Waals surface area contributed by atoms with Crippen molar-refractivity contribution >= 4 is 17.3 Å². The van der Waals surface area contributed by atoms with Gasteiger partial charge in [0, 0.05) is 29.6 Å². The van der Waals surface area contributed by atoms with Crippen LogP contribution in [0.15, 0.2) is 103 Å². The Morgan fingerprint density at radius 1 is 0.706 bits per heavy atom. The first-order chi connectivity index (χ1) is 16.3. The lowest BCUT2D eigenvalue weighted by Gasteiger charge is -2.35. The highest BCUT2D eigenvalue weighted by atomic mass is 15.1. The summed E-state index contributed by atoms with van der Waals surface area (Å²) < 4.78 is 0. The number of rotatable bonds is 1. The van der Waals surface area contributed by atoms with Crippen LogP contribution in [0.4, 0.5) is 5.69 Å². The number of anilines is 1. The Balaban J connectivity index is 0.000000161. The molecule has 0 N–H and O–H groups in total. The molecule has 0 radical (unpaired) electrons. The van der Waals surface area contributed by atoms with Crippen molar-refractivity contribution in [2.24, 2.45) is 0 Å². The van der Waals surface area contributed by atoms with Crippen LogP contribution in [0.2, 0.25) is 0 Å². The van der Waals surface area contributed by atoms with Crippen LogP contribution >= 0.6 is 0 Å². The normalized spacial score (nSPS) is 13.7. The zero-order valence-electron chi connectivity index (χ0n) is 21.4. The number of nitrogens with zero attached hydrogens (tertiary/aromatic N) is 1. The minimum absolute atomic E-state index is 1.13. The van der Waals surface area contributed by atoms with Crippen molar-refractivity contribution in [2.45, 2.75) is 40.5 Å². The van der Waals surface area contributed by atoms with Crippen LogP contribution < -0.4 is 4.90 Å². The minimum Gasteiger partial charge on any atom is -0.344 e. The third-order valence-electron chi connectivity index (χ3n) is 6.19. The molecule has 5 rings (SSSR count). The Morgan fingerprint density at radius 3 is 1.76 bits per heavy atom. The van der Waals surface area contributed by atoms with Crippen LogP contribution in [-0.2, 0) is 0 Å². The first-order valence-corrected chi connectivity index (χ1v) is 12.0. The molecule has 0 atom stereocenters. The molecule has 174 valence electrons. The van der Waals surface area contributed by atoms with Crippen LogP contribution in [-0.4, -0.2) is 7.05 Å². The Bertz CT molecular complexity index is 1180. The van der Waals surface area contributed by atoms with E-state index in [-0.39, 0.29) is 0 Å². The second-order valence-electron chi connectivity index (χ2n) is 9.11. The molecule has 3 aromatic carbocycles. The van der Waals surface area contributed by atoms with E-state index in [1.807, 2.05) is 6.08 Å². The maximum Gasteiger partial charge on any atom is 0.0488 e. The fourth-order valence-corrected chi connectivity index (χ4v) is 4.06. The molecule has 0 saturated heterocycles. The molecular weight excluding hydrogens is 410 g/mol. The maximum absolute atomic E-state index is 4.28. The summed E-state index contributed by atoms with van der Waals surface area (Å²) in [5.41, 5.74) is 12.8. The standard InChI is InChI=1S/C16H17N.C9H10.C8H10/c1-11-8-9-16-14(10-11)12(2)13-6-4-5-7-15(13)17(16)3;1-3-9-6-4-8(2)5-7-9;1-7-3-5-8(2)6-4-7/h6-10H,2,4-5H2,1,3H3;3-7H,1H2,2H3;3-6H,1-2H3. The number of allylic oxidation sites excluding steroid dienone is 3. The number of hydrogen-bond acceptors (Lipinski definition) is 1. The molecule has 0 fully saturated rings. The van der Waals surface area contributed by atoms with Crippen LogP contribution in [0.25, 0.3) is 11.6 Å². The topological polar surface area (TPSA) is 3.24 Å². The average Bonchev–Trinajstić information content (AvgIpc) is 2.85. The summed E-state index contributed by atoms with van der Waals surface area (Å²) in [6.07, 6.45) is 8.76. The van der Waals surface area contributed by atoms with Crippen LogP contribution in [0.5, 0.6) is 0 Å². The lowest BCUT2D eigenvalue weighted by molar-refractivity contribution is 0.958. The molecule has 0 aromatic heterocycles. The van der Waals surface area contributed by atoms with E-state index in [2.05, 4.69) is 132 Å². The number of benzene rings is 3. The first kappa shape index (κ1) is 25.1. The van der Waals surface area contributed by atoms with Crippen molar-refractivity contribution in [3.63, 3.8) is 0 Å². The summed E-state index contributed by atoms with van der Waals surface area (Å²) in [4.78, 5) is 2.29. The SMILES string of the molecule is C=C1C2=CCCC=C2N(C)c2ccc(C)cc21.C=Cc1ccc(C)cc1.Cc1ccc(C)cc1. The van der Waals surface area contributed by atoms with Gasteiger partial charge in [-0.1, -0.05) is 108 Å². The Hall–Kier alpha value is -3.58. The van der Waals surface area contributed by atoms with Gasteiger partial charge >= 0.3 is 0 Å². The summed E-state index contributed by atoms with van der Waals surface area (Å²) >= 11 is 0. The van der Waals surface area contributed by atoms with Crippen molar-refractivity contribution in [1.29, 1.82) is 0 Å². The summed E-state index contributed by atoms with van der Waals surface area (Å²) in [6.45, 7) is 16.3. The highest BCUT2D eigenvalue weighted by Crippen LogP contribution is 2.43. The quantitative estimate of drug-likeness (QED) is 0.360. The van der Waals surface area contributed by atoms with E-state index in [1.165, 1.54) is 55.9 Å². The minimum atomic E-state index is 1.13. The predicted octanol–water partition coefficient (Wildman–Crippen LogP) is 9.00. The van der Waals surface area contributed by atoms with E-state index in [1.54, 1.807) is 0 Å². The van der Waals surface area contributed by atoms with Crippen molar-refractivity contribution < 1.29 is 0 Å². The van der Waals surface area contributed by atoms with Gasteiger partial charge in [-0.2, -0.15) is 0 Å². The second-order valence-corrected chi connectivity index (χ2v) is 9.11. The van der Waals surface area contributed by atoms with Gasteiger partial charge in [-0.3, -0.25) is 0 Å². The van der Waals surface area contributed by atoms with Crippen molar-refractivity contribution in [1.82, 2.24) is 0 Å². The summed E-state index contributed by atoms with van der Waals surface area (Å²) in [7, 11) is 2.14. The van der Waals surface area contributed by atoms with E-state index in [0.29, 0.717) is 0 Å². The molecule has 1 heteroatoms. The van der Waals surface area contributed by atoms with Crippen molar-refractivity contribution in [2.75, 3.05) is 11.9 Å². The highest BCUT2D eigenvalue weighted by molar-refractivity contribution is 5.94. The maximum atomic E-state index is 4.28. The van der Waals surface area contributed by atoms with Gasteiger partial charge in [0.05, 0.1) is 0 Å². The van der Waals surface area contributed by atoms with E-state index in [4.69, 9.17) is 0 Å². The third kappa shape index (κ3) is 6.26. The van der Waals surface area contributed by atoms with E-state index in [0.717, 1.165) is 12.8 Å². The van der Waals surface area contributed by atoms with Gasteiger partial charge in [0.2, 0.25) is 0 Å². The van der Waals surface area contributed by atoms with Gasteiger partial charge < -0.3 is 4.90 Å². The molecule has 0 saturated carbocycles. The first-order valence-electron chi connectivity index (χ1n) is 12.0. The average molecular weight is 448 g/mol. The van der Waals surface area contributed by atoms with Gasteiger partial charge in [-0.15, -0.1) is 0 Å². The number of aryl methyl sites for hydroxylation is 4. The van der Waals surface area contributed by atoms with Gasteiger partial charge in [-0.25, -0.2) is 0 Å². The fraction of sp³-hybridized carbons (Fsp3) is 0.212. The van der Waals surface area contributed by atoms with Gasteiger partial charge in [0.1, 0.15) is 0 Å². The van der Waals surface area contributed by atoms with Gasteiger partial charge in [0.25, 0.3) is 0 Å². The molecule has 0 amide bonds. The zero-order chi connectivity index (χ0) is 24.7. The molecule has 1 nitrogen and oxygen atoms in total. The molecule has 3 aromatic rings. The lowest BCUT2D eigenvalue weighted by Crippen LogP contribution is -2.25. The molecule has 1 aliphatic carbocycles. The molecule has 1 aliphatic heterocycles. The van der Waals surface area contributed by atoms with E-state index >= 15 is 0 Å². The summed E-state index contributed by atoms with van der Waals surface area (Å²) in [6, 6.07) is 23.4. The number of hydrogen-bond donors (Lipinski definition) is 0. The largest absolute Gasteiger partial charge is 0.344 e. The molecular formula is C33H37N. The van der Waals surface area contributed by atoms with Crippen LogP contribution in [0, 0.1) is 27.7 Å². The van der Waals surface area contributed by atoms with Gasteiger partial charge in [-0.05, 0) is 63.8 Å². The smallest absolute Gasteiger partial charge is 0.0488 e. The third-order valence-corrected chi connectivity index (χ3v) is 6.19. The fourth-order valence-electron chi connectivity index (χ4n) is 4.06. The van der Waals surface area contributed by atoms with E-state index < -0.39 is 0 Å². The zero-order valence-corrected chi connectivity index (χ0v) is 21.4. The molecule has 34 heavy (non-hydrogen) atoms. The van der Waals surface area contributed by atoms with Gasteiger partial charge in [0.15, 0.2) is 0 Å². The molecule has 0 bridgehead atoms. The predicted molar refractivity (Wildman–Crippen MR) is 151 cm³/mol. The van der Waals surface area contributed by atoms with E-state index in [9.17, 15) is 0 Å². The molecule has 0 spiro atoms. The molecule has 0 unspecified atom stereocenters. The Kier molecular flexibility index (Phi) is 8.49. The second kappa shape index (κ2) is 11.5. The summed E-state index contributed by atoms with van der Waals surface area (Å²) in [5.74, 6) is 0. The van der Waals surface area contributed by atoms with Crippen molar-refractivity contribution in [3.05, 3.63) is 137 Å². The highest BCUT2D eigenvalue weighted by Gasteiger charge is 2.26. The van der Waals surface area contributed by atoms with Crippen LogP contribution in [0.3, 0.4) is 0 Å². The summed E-state index contributed by atoms with van der Waals surface area (Å²) in [5, 5.41) is 0. The molecule has 1 heterocycles. The Morgan fingerprint density at radius 2 is 1.21 bits per heavy atom.